The minimum atomic E-state index is -1.43. The summed E-state index contributed by atoms with van der Waals surface area (Å²) < 4.78 is 10.7. The number of nitrogens with one attached hydrogen (secondary N) is 1. The fourth-order valence-corrected chi connectivity index (χ4v) is 5.31. The molecule has 4 aromatic rings. The number of halogens is 2. The normalized spacial score (nSPS) is 14.8. The van der Waals surface area contributed by atoms with Crippen molar-refractivity contribution in [1.29, 1.82) is 0 Å². The van der Waals surface area contributed by atoms with E-state index in [2.05, 4.69) is 10.3 Å². The van der Waals surface area contributed by atoms with Crippen LogP contribution in [0, 0.1) is 0 Å². The molecule has 1 unspecified atom stereocenters. The third kappa shape index (κ3) is 6.00. The second-order valence-corrected chi connectivity index (χ2v) is 10.3. The van der Waals surface area contributed by atoms with Crippen molar-refractivity contribution in [2.45, 2.75) is 18.9 Å². The molecule has 1 aromatic heterocycles. The Morgan fingerprint density at radius 1 is 1.03 bits per heavy atom. The van der Waals surface area contributed by atoms with E-state index in [1.807, 2.05) is 17.5 Å². The summed E-state index contributed by atoms with van der Waals surface area (Å²) in [5, 5.41) is 15.7. The molecule has 2 N–H and O–H groups in total. The van der Waals surface area contributed by atoms with Crippen LogP contribution >= 0.6 is 34.5 Å². The molecule has 3 aromatic carbocycles. The Morgan fingerprint density at radius 3 is 2.50 bits per heavy atom. The number of amides is 1. The first kappa shape index (κ1) is 26.2. The highest BCUT2D eigenvalue weighted by molar-refractivity contribution is 7.13. The van der Waals surface area contributed by atoms with E-state index in [1.165, 1.54) is 11.3 Å². The summed E-state index contributed by atoms with van der Waals surface area (Å²) in [4.78, 5) is 28.6. The number of hydrogen-bond donors (Lipinski definition) is 2. The molecule has 2 heterocycles. The summed E-state index contributed by atoms with van der Waals surface area (Å²) >= 11 is 13.6. The highest BCUT2D eigenvalue weighted by Crippen LogP contribution is 2.37. The zero-order valence-electron chi connectivity index (χ0n) is 19.9. The molecule has 10 heteroatoms. The molecular weight excluding hydrogens is 547 g/mol. The Kier molecular flexibility index (Phi) is 7.95. The van der Waals surface area contributed by atoms with E-state index in [0.29, 0.717) is 43.9 Å². The van der Waals surface area contributed by atoms with Gasteiger partial charge in [0.1, 0.15) is 10.8 Å². The molecule has 0 radical (unpaired) electrons. The van der Waals surface area contributed by atoms with Gasteiger partial charge < -0.3 is 19.9 Å². The topological polar surface area (TPSA) is 97.8 Å². The maximum Gasteiger partial charge on any atom is 0.511 e. The zero-order valence-corrected chi connectivity index (χ0v) is 22.3. The monoisotopic (exact) mass is 568 g/mol. The molecule has 194 valence electrons. The third-order valence-electron chi connectivity index (χ3n) is 6.12. The SMILES string of the molecule is O=C(O)Oc1cc(-c2nc(-c3ccc(Cl)c(Cl)c3)cs2)ccc1-c1ccc(C(=O)NCC2CCCO2)cc1. The number of nitrogens with zero attached hydrogens (tertiary/aromatic N) is 1. The molecule has 0 bridgehead atoms. The van der Waals surface area contributed by atoms with E-state index in [1.54, 1.807) is 48.5 Å². The predicted molar refractivity (Wildman–Crippen MR) is 148 cm³/mol. The maximum atomic E-state index is 12.5. The van der Waals surface area contributed by atoms with Crippen LogP contribution in [0.3, 0.4) is 0 Å². The molecule has 7 nitrogen and oxygen atoms in total. The summed E-state index contributed by atoms with van der Waals surface area (Å²) in [6, 6.07) is 17.5. The van der Waals surface area contributed by atoms with Crippen LogP contribution in [0.4, 0.5) is 4.79 Å². The van der Waals surface area contributed by atoms with Gasteiger partial charge in [-0.05, 0) is 54.8 Å². The number of hydrogen-bond acceptors (Lipinski definition) is 6. The van der Waals surface area contributed by atoms with Crippen LogP contribution in [0.1, 0.15) is 23.2 Å². The molecule has 1 aliphatic rings. The highest BCUT2D eigenvalue weighted by atomic mass is 35.5. The number of benzene rings is 3. The molecule has 1 saturated heterocycles. The van der Waals surface area contributed by atoms with Crippen molar-refractivity contribution in [1.82, 2.24) is 10.3 Å². The molecular formula is C28H22Cl2N2O5S. The first-order valence-corrected chi connectivity index (χ1v) is 13.5. The van der Waals surface area contributed by atoms with Crippen LogP contribution in [0.5, 0.6) is 5.75 Å². The van der Waals surface area contributed by atoms with Crippen molar-refractivity contribution in [3.8, 4) is 38.7 Å². The number of thiazole rings is 1. The van der Waals surface area contributed by atoms with Crippen molar-refractivity contribution in [3.05, 3.63) is 81.7 Å². The summed E-state index contributed by atoms with van der Waals surface area (Å²) in [5.41, 5.74) is 4.03. The van der Waals surface area contributed by atoms with Crippen molar-refractivity contribution in [2.24, 2.45) is 0 Å². The summed E-state index contributed by atoms with van der Waals surface area (Å²) in [5.74, 6) is -0.0252. The smallest absolute Gasteiger partial charge is 0.449 e. The lowest BCUT2D eigenvalue weighted by Gasteiger charge is -2.12. The average molecular weight is 569 g/mol. The molecule has 1 aliphatic heterocycles. The quantitative estimate of drug-likeness (QED) is 0.178. The lowest BCUT2D eigenvalue weighted by Crippen LogP contribution is -2.31. The molecule has 5 rings (SSSR count). The first-order valence-electron chi connectivity index (χ1n) is 11.8. The van der Waals surface area contributed by atoms with E-state index >= 15 is 0 Å². The Hall–Kier alpha value is -3.43. The number of rotatable bonds is 7. The molecule has 38 heavy (non-hydrogen) atoms. The Balaban J connectivity index is 1.37. The second kappa shape index (κ2) is 11.5. The lowest BCUT2D eigenvalue weighted by atomic mass is 10.0. The van der Waals surface area contributed by atoms with Crippen molar-refractivity contribution in [2.75, 3.05) is 13.2 Å². The van der Waals surface area contributed by atoms with Crippen LogP contribution < -0.4 is 10.1 Å². The van der Waals surface area contributed by atoms with E-state index in [4.69, 9.17) is 32.7 Å². The van der Waals surface area contributed by atoms with Crippen LogP contribution in [0.15, 0.2) is 66.0 Å². The van der Waals surface area contributed by atoms with E-state index in [9.17, 15) is 14.7 Å². The third-order valence-corrected chi connectivity index (χ3v) is 7.75. The van der Waals surface area contributed by atoms with Crippen LogP contribution in [-0.4, -0.2) is 41.4 Å². The minimum absolute atomic E-state index is 0.0605. The van der Waals surface area contributed by atoms with Gasteiger partial charge in [-0.3, -0.25) is 4.79 Å². The second-order valence-electron chi connectivity index (χ2n) is 8.67. The van der Waals surface area contributed by atoms with Gasteiger partial charge in [0.25, 0.3) is 5.91 Å². The number of carbonyl (C=O) groups is 2. The van der Waals surface area contributed by atoms with Crippen molar-refractivity contribution in [3.63, 3.8) is 0 Å². The first-order chi connectivity index (χ1) is 18.4. The van der Waals surface area contributed by atoms with Gasteiger partial charge in [0, 0.05) is 40.8 Å². The van der Waals surface area contributed by atoms with Gasteiger partial charge in [0.15, 0.2) is 0 Å². The average Bonchev–Trinajstić information content (AvgIpc) is 3.61. The summed E-state index contributed by atoms with van der Waals surface area (Å²) in [7, 11) is 0. The molecule has 0 spiro atoms. The van der Waals surface area contributed by atoms with E-state index < -0.39 is 6.16 Å². The molecule has 0 aliphatic carbocycles. The molecule has 1 amide bonds. The number of carboxylic acid groups (broad SMARTS) is 1. The Morgan fingerprint density at radius 2 is 1.79 bits per heavy atom. The summed E-state index contributed by atoms with van der Waals surface area (Å²) in [6.07, 6.45) is 0.587. The molecule has 0 saturated carbocycles. The van der Waals surface area contributed by atoms with Crippen LogP contribution in [-0.2, 0) is 4.74 Å². The molecule has 1 atom stereocenters. The Labute approximate surface area is 233 Å². The highest BCUT2D eigenvalue weighted by Gasteiger charge is 2.18. The van der Waals surface area contributed by atoms with E-state index in [-0.39, 0.29) is 17.8 Å². The minimum Gasteiger partial charge on any atom is -0.449 e. The largest absolute Gasteiger partial charge is 0.511 e. The summed E-state index contributed by atoms with van der Waals surface area (Å²) in [6.45, 7) is 1.21. The maximum absolute atomic E-state index is 12.5. The molecule has 1 fully saturated rings. The van der Waals surface area contributed by atoms with Gasteiger partial charge >= 0.3 is 6.16 Å². The van der Waals surface area contributed by atoms with Crippen LogP contribution in [0.25, 0.3) is 33.0 Å². The Bertz CT molecular complexity index is 1480. The van der Waals surface area contributed by atoms with E-state index in [0.717, 1.165) is 30.7 Å². The predicted octanol–water partition coefficient (Wildman–Crippen LogP) is 7.42. The van der Waals surface area contributed by atoms with Crippen LogP contribution in [0.2, 0.25) is 10.0 Å². The van der Waals surface area contributed by atoms with Gasteiger partial charge in [-0.2, -0.15) is 0 Å². The van der Waals surface area contributed by atoms with Crippen molar-refractivity contribution < 1.29 is 24.2 Å². The van der Waals surface area contributed by atoms with Crippen molar-refractivity contribution >= 4 is 46.6 Å². The van der Waals surface area contributed by atoms with Gasteiger partial charge in [-0.1, -0.05) is 47.5 Å². The number of carbonyl (C=O) groups excluding carboxylic acids is 1. The fourth-order valence-electron chi connectivity index (χ4n) is 4.18. The van der Waals surface area contributed by atoms with Gasteiger partial charge in [0.2, 0.25) is 0 Å². The van der Waals surface area contributed by atoms with Gasteiger partial charge in [-0.25, -0.2) is 9.78 Å². The lowest BCUT2D eigenvalue weighted by molar-refractivity contribution is 0.0857. The zero-order chi connectivity index (χ0) is 26.6. The van der Waals surface area contributed by atoms with Gasteiger partial charge in [0.05, 0.1) is 21.8 Å². The standard InChI is InChI=1S/C28H22Cl2N2O5S/c29-22-10-8-18(12-23(22)30)24-15-38-27(32-24)19-7-9-21(25(13-19)37-28(34)35)16-3-5-17(6-4-16)26(33)31-14-20-2-1-11-36-20/h3-10,12-13,15,20H,1-2,11,14H2,(H,31,33)(H,34,35). The van der Waals surface area contributed by atoms with Gasteiger partial charge in [-0.15, -0.1) is 11.3 Å². The number of aromatic nitrogens is 1. The number of ether oxygens (including phenoxy) is 2. The fraction of sp³-hybridized carbons (Fsp3) is 0.179.